The average Bonchev–Trinajstić information content (AvgIpc) is 2.59. The number of ether oxygens (including phenoxy) is 2. The van der Waals surface area contributed by atoms with Crippen LogP contribution >= 0.6 is 0 Å². The van der Waals surface area contributed by atoms with Crippen LogP contribution in [0.2, 0.25) is 0 Å². The molecule has 1 amide bonds. The molecular weight excluding hydrogens is 313 g/mol. The van der Waals surface area contributed by atoms with E-state index in [0.717, 1.165) is 25.2 Å². The highest BCUT2D eigenvalue weighted by Gasteiger charge is 2.18. The number of hydrogen-bond acceptors (Lipinski definition) is 4. The Balaban J connectivity index is 2.23. The Labute approximate surface area is 140 Å². The summed E-state index contributed by atoms with van der Waals surface area (Å²) in [7, 11) is 1.14. The van der Waals surface area contributed by atoms with Crippen molar-refractivity contribution in [2.75, 3.05) is 12.2 Å². The number of amides is 1. The number of carbonyl (C=O) groups is 1. The van der Waals surface area contributed by atoms with Gasteiger partial charge in [0.1, 0.15) is 18.2 Å². The molecule has 0 saturated heterocycles. The minimum Gasteiger partial charge on any atom is -0.489 e. The van der Waals surface area contributed by atoms with Gasteiger partial charge in [0, 0.05) is 5.56 Å². The fraction of sp³-hybridized carbons (Fsp3) is 0.278. The van der Waals surface area contributed by atoms with Gasteiger partial charge < -0.3 is 9.47 Å². The summed E-state index contributed by atoms with van der Waals surface area (Å²) in [6.07, 6.45) is -0.0420. The molecule has 0 aromatic heterocycles. The van der Waals surface area contributed by atoms with Gasteiger partial charge in [0.15, 0.2) is 0 Å². The van der Waals surface area contributed by atoms with Gasteiger partial charge in [-0.05, 0) is 48.7 Å². The normalized spacial score (nSPS) is 10.4. The number of rotatable bonds is 5. The maximum atomic E-state index is 13.5. The van der Waals surface area contributed by atoms with Crippen LogP contribution in [-0.2, 0) is 17.8 Å². The molecule has 24 heavy (non-hydrogen) atoms. The first kappa shape index (κ1) is 17.7. The van der Waals surface area contributed by atoms with E-state index in [4.69, 9.17) is 4.74 Å². The molecule has 2 aromatic rings. The number of methoxy groups -OCH3 is 1. The molecule has 0 radical (unpaired) electrons. The highest BCUT2D eigenvalue weighted by molar-refractivity contribution is 5.85. The van der Waals surface area contributed by atoms with Gasteiger partial charge in [-0.2, -0.15) is 5.06 Å². The molecule has 0 spiro atoms. The molecule has 0 unspecified atom stereocenters. The smallest absolute Gasteiger partial charge is 0.438 e. The molecule has 0 heterocycles. The first-order valence-corrected chi connectivity index (χ1v) is 7.54. The van der Waals surface area contributed by atoms with Crippen LogP contribution in [0.4, 0.5) is 14.9 Å². The lowest BCUT2D eigenvalue weighted by Crippen LogP contribution is -2.28. The maximum absolute atomic E-state index is 13.5. The Bertz CT molecular complexity index is 733. The SMILES string of the molecule is CCc1ccc(OCc2cc(F)ccc2N(O)C(=O)OC)c(C)c1. The number of aryl methyl sites for hydroxylation is 2. The van der Waals surface area contributed by atoms with E-state index in [1.807, 2.05) is 25.1 Å². The highest BCUT2D eigenvalue weighted by Crippen LogP contribution is 2.25. The van der Waals surface area contributed by atoms with Crippen molar-refractivity contribution in [1.29, 1.82) is 0 Å². The zero-order valence-electron chi connectivity index (χ0n) is 13.9. The van der Waals surface area contributed by atoms with Crippen molar-refractivity contribution in [2.24, 2.45) is 0 Å². The van der Waals surface area contributed by atoms with Crippen LogP contribution in [0.3, 0.4) is 0 Å². The number of benzene rings is 2. The van der Waals surface area contributed by atoms with E-state index < -0.39 is 11.9 Å². The molecule has 2 aromatic carbocycles. The first-order valence-electron chi connectivity index (χ1n) is 7.54. The van der Waals surface area contributed by atoms with Gasteiger partial charge in [0.05, 0.1) is 12.8 Å². The molecule has 0 fully saturated rings. The third-order valence-electron chi connectivity index (χ3n) is 3.65. The van der Waals surface area contributed by atoms with E-state index in [0.29, 0.717) is 16.4 Å². The number of carbonyl (C=O) groups excluding carboxylic acids is 1. The standard InChI is InChI=1S/C18H20FNO4/c1-4-13-5-8-17(12(2)9-13)24-11-14-10-15(19)6-7-16(14)20(22)18(21)23-3/h5-10,22H,4,11H2,1-3H3. The summed E-state index contributed by atoms with van der Waals surface area (Å²) in [4.78, 5) is 11.5. The van der Waals surface area contributed by atoms with E-state index in [1.54, 1.807) is 0 Å². The lowest BCUT2D eigenvalue weighted by molar-refractivity contribution is 0.140. The van der Waals surface area contributed by atoms with Crippen LogP contribution in [0.1, 0.15) is 23.6 Å². The van der Waals surface area contributed by atoms with E-state index in [1.165, 1.54) is 17.7 Å². The molecule has 1 N–H and O–H groups in total. The van der Waals surface area contributed by atoms with Crippen molar-refractivity contribution < 1.29 is 23.9 Å². The summed E-state index contributed by atoms with van der Waals surface area (Å²) in [5.74, 6) is 0.165. The van der Waals surface area contributed by atoms with Crippen molar-refractivity contribution in [3.8, 4) is 5.75 Å². The Morgan fingerprint density at radius 1 is 1.25 bits per heavy atom. The predicted octanol–water partition coefficient (Wildman–Crippen LogP) is 4.24. The summed E-state index contributed by atoms with van der Waals surface area (Å²) in [6, 6.07) is 9.47. The molecule has 5 nitrogen and oxygen atoms in total. The van der Waals surface area contributed by atoms with Crippen molar-refractivity contribution in [1.82, 2.24) is 0 Å². The summed E-state index contributed by atoms with van der Waals surface area (Å²) in [5.41, 5.74) is 2.58. The second-order valence-electron chi connectivity index (χ2n) is 5.30. The summed E-state index contributed by atoms with van der Waals surface area (Å²) >= 11 is 0. The van der Waals surface area contributed by atoms with Gasteiger partial charge in [0.2, 0.25) is 0 Å². The third kappa shape index (κ3) is 4.02. The maximum Gasteiger partial charge on any atom is 0.438 e. The van der Waals surface area contributed by atoms with Crippen LogP contribution in [0.15, 0.2) is 36.4 Å². The van der Waals surface area contributed by atoms with E-state index in [9.17, 15) is 14.4 Å². The van der Waals surface area contributed by atoms with Crippen molar-refractivity contribution >= 4 is 11.8 Å². The molecule has 0 aliphatic carbocycles. The van der Waals surface area contributed by atoms with Crippen molar-refractivity contribution in [2.45, 2.75) is 26.9 Å². The molecule has 2 rings (SSSR count). The first-order chi connectivity index (χ1) is 11.5. The quantitative estimate of drug-likeness (QED) is 0.657. The minimum atomic E-state index is -0.966. The van der Waals surface area contributed by atoms with Crippen LogP contribution < -0.4 is 9.80 Å². The van der Waals surface area contributed by atoms with E-state index in [2.05, 4.69) is 11.7 Å². The molecule has 128 valence electrons. The van der Waals surface area contributed by atoms with Gasteiger partial charge in [-0.15, -0.1) is 0 Å². The summed E-state index contributed by atoms with van der Waals surface area (Å²) in [5, 5.41) is 10.2. The number of halogens is 1. The number of nitrogens with zero attached hydrogens (tertiary/aromatic N) is 1. The van der Waals surface area contributed by atoms with Crippen molar-refractivity contribution in [3.05, 3.63) is 58.9 Å². The monoisotopic (exact) mass is 333 g/mol. The van der Waals surface area contributed by atoms with Crippen LogP contribution in [-0.4, -0.2) is 18.4 Å². The predicted molar refractivity (Wildman–Crippen MR) is 88.0 cm³/mol. The molecule has 0 aliphatic rings. The van der Waals surface area contributed by atoms with Gasteiger partial charge in [-0.1, -0.05) is 19.1 Å². The number of hydroxylamine groups is 1. The fourth-order valence-corrected chi connectivity index (χ4v) is 2.31. The number of hydrogen-bond donors (Lipinski definition) is 1. The molecule has 0 saturated carbocycles. The van der Waals surface area contributed by atoms with Crippen LogP contribution in [0, 0.1) is 12.7 Å². The Kier molecular flexibility index (Phi) is 5.76. The van der Waals surface area contributed by atoms with Crippen molar-refractivity contribution in [3.63, 3.8) is 0 Å². The summed E-state index contributed by atoms with van der Waals surface area (Å²) in [6.45, 7) is 3.98. The molecule has 0 bridgehead atoms. The van der Waals surface area contributed by atoms with Gasteiger partial charge >= 0.3 is 6.09 Å². The topological polar surface area (TPSA) is 59.0 Å². The minimum absolute atomic E-state index is 0.00649. The molecule has 6 heteroatoms. The second kappa shape index (κ2) is 7.79. The van der Waals surface area contributed by atoms with Gasteiger partial charge in [-0.25, -0.2) is 9.18 Å². The molecule has 0 aliphatic heterocycles. The molecular formula is C18H20FNO4. The lowest BCUT2D eigenvalue weighted by Gasteiger charge is -2.18. The molecule has 0 atom stereocenters. The summed E-state index contributed by atoms with van der Waals surface area (Å²) < 4.78 is 23.7. The van der Waals surface area contributed by atoms with Crippen LogP contribution in [0.5, 0.6) is 5.75 Å². The Hall–Kier alpha value is -2.60. The average molecular weight is 333 g/mol. The Morgan fingerprint density at radius 2 is 2.00 bits per heavy atom. The Morgan fingerprint density at radius 3 is 2.62 bits per heavy atom. The zero-order valence-corrected chi connectivity index (χ0v) is 13.9. The van der Waals surface area contributed by atoms with Gasteiger partial charge in [-0.3, -0.25) is 5.21 Å². The largest absolute Gasteiger partial charge is 0.489 e. The third-order valence-corrected chi connectivity index (χ3v) is 3.65. The van der Waals surface area contributed by atoms with E-state index in [-0.39, 0.29) is 12.3 Å². The fourth-order valence-electron chi connectivity index (χ4n) is 2.31. The lowest BCUT2D eigenvalue weighted by atomic mass is 10.1. The van der Waals surface area contributed by atoms with Crippen LogP contribution in [0.25, 0.3) is 0 Å². The van der Waals surface area contributed by atoms with Gasteiger partial charge in [0.25, 0.3) is 0 Å². The zero-order chi connectivity index (χ0) is 17.7. The second-order valence-corrected chi connectivity index (χ2v) is 5.30. The van der Waals surface area contributed by atoms with E-state index >= 15 is 0 Å². The number of anilines is 1. The highest BCUT2D eigenvalue weighted by atomic mass is 19.1.